The van der Waals surface area contributed by atoms with Gasteiger partial charge in [0.15, 0.2) is 0 Å². The summed E-state index contributed by atoms with van der Waals surface area (Å²) < 4.78 is 0. The maximum absolute atomic E-state index is 11.0. The lowest BCUT2D eigenvalue weighted by Gasteiger charge is -2.11. The molecular weight excluding hydrogens is 200 g/mol. The van der Waals surface area contributed by atoms with Crippen LogP contribution in [0.15, 0.2) is 0 Å². The highest BCUT2D eigenvalue weighted by Gasteiger charge is 2.16. The molecule has 2 heteroatoms. The van der Waals surface area contributed by atoms with E-state index < -0.39 is 5.97 Å². The summed E-state index contributed by atoms with van der Waals surface area (Å²) >= 11 is 0. The molecule has 1 aliphatic rings. The zero-order valence-electron chi connectivity index (χ0n) is 10.4. The first-order valence-corrected chi connectivity index (χ1v) is 7.03. The fourth-order valence-electron chi connectivity index (χ4n) is 2.59. The van der Waals surface area contributed by atoms with E-state index >= 15 is 0 Å². The molecule has 0 heterocycles. The molecule has 0 aromatic carbocycles. The molecule has 1 fully saturated rings. The molecule has 2 nitrogen and oxygen atoms in total. The lowest BCUT2D eigenvalue weighted by Crippen LogP contribution is -2.13. The molecule has 0 amide bonds. The van der Waals surface area contributed by atoms with E-state index in [4.69, 9.17) is 5.11 Å². The fraction of sp³-hybridized carbons (Fsp3) is 0.929. The SMILES string of the molecule is O=C(O)C1CCCCCCCCCCCC1. The molecule has 0 aromatic rings. The molecule has 1 rings (SSSR count). The van der Waals surface area contributed by atoms with Crippen molar-refractivity contribution in [3.8, 4) is 0 Å². The topological polar surface area (TPSA) is 37.3 Å². The smallest absolute Gasteiger partial charge is 0.306 e. The molecule has 1 saturated carbocycles. The predicted octanol–water partition coefficient (Wildman–Crippen LogP) is 4.38. The summed E-state index contributed by atoms with van der Waals surface area (Å²) in [6.07, 6.45) is 14.5. The summed E-state index contributed by atoms with van der Waals surface area (Å²) in [6, 6.07) is 0. The van der Waals surface area contributed by atoms with E-state index in [0.29, 0.717) is 0 Å². The van der Waals surface area contributed by atoms with E-state index in [1.807, 2.05) is 0 Å². The van der Waals surface area contributed by atoms with Gasteiger partial charge in [-0.05, 0) is 12.8 Å². The molecule has 0 saturated heterocycles. The number of carbonyl (C=O) groups is 1. The van der Waals surface area contributed by atoms with Gasteiger partial charge in [0.1, 0.15) is 0 Å². The van der Waals surface area contributed by atoms with Crippen LogP contribution in [0.2, 0.25) is 0 Å². The van der Waals surface area contributed by atoms with Gasteiger partial charge in [0.25, 0.3) is 0 Å². The van der Waals surface area contributed by atoms with Crippen LogP contribution in [0, 0.1) is 5.92 Å². The summed E-state index contributed by atoms with van der Waals surface area (Å²) in [6.45, 7) is 0. The van der Waals surface area contributed by atoms with Gasteiger partial charge in [0.05, 0.1) is 5.92 Å². The minimum atomic E-state index is -0.574. The van der Waals surface area contributed by atoms with Gasteiger partial charge in [-0.15, -0.1) is 0 Å². The fourth-order valence-corrected chi connectivity index (χ4v) is 2.59. The molecule has 0 aliphatic heterocycles. The van der Waals surface area contributed by atoms with Crippen LogP contribution < -0.4 is 0 Å². The molecule has 0 aromatic heterocycles. The van der Waals surface area contributed by atoms with Crippen LogP contribution in [0.4, 0.5) is 0 Å². The lowest BCUT2D eigenvalue weighted by atomic mass is 9.95. The van der Waals surface area contributed by atoms with Crippen LogP contribution in [0.25, 0.3) is 0 Å². The van der Waals surface area contributed by atoms with Gasteiger partial charge in [-0.2, -0.15) is 0 Å². The van der Waals surface area contributed by atoms with Crippen molar-refractivity contribution < 1.29 is 9.90 Å². The van der Waals surface area contributed by atoms with Crippen molar-refractivity contribution in [2.45, 2.75) is 77.0 Å². The van der Waals surface area contributed by atoms with Crippen LogP contribution >= 0.6 is 0 Å². The summed E-state index contributed by atoms with van der Waals surface area (Å²) in [5.41, 5.74) is 0. The largest absolute Gasteiger partial charge is 0.481 e. The number of carboxylic acids is 1. The Labute approximate surface area is 99.4 Å². The summed E-state index contributed by atoms with van der Waals surface area (Å²) in [4.78, 5) is 11.0. The van der Waals surface area contributed by atoms with Crippen molar-refractivity contribution in [1.29, 1.82) is 0 Å². The number of rotatable bonds is 1. The summed E-state index contributed by atoms with van der Waals surface area (Å²) in [7, 11) is 0. The third-order valence-electron chi connectivity index (χ3n) is 3.70. The maximum Gasteiger partial charge on any atom is 0.306 e. The third kappa shape index (κ3) is 6.14. The Morgan fingerprint density at radius 2 is 1.00 bits per heavy atom. The Morgan fingerprint density at radius 3 is 1.31 bits per heavy atom. The Morgan fingerprint density at radius 1 is 0.688 bits per heavy atom. The number of hydrogen-bond donors (Lipinski definition) is 1. The van der Waals surface area contributed by atoms with Crippen LogP contribution in [0.5, 0.6) is 0 Å². The molecule has 0 atom stereocenters. The van der Waals surface area contributed by atoms with Gasteiger partial charge in [0, 0.05) is 0 Å². The quantitative estimate of drug-likeness (QED) is 0.720. The molecule has 1 aliphatic carbocycles. The van der Waals surface area contributed by atoms with Gasteiger partial charge in [-0.3, -0.25) is 4.79 Å². The molecule has 94 valence electrons. The second-order valence-electron chi connectivity index (χ2n) is 5.15. The van der Waals surface area contributed by atoms with Crippen molar-refractivity contribution in [3.05, 3.63) is 0 Å². The molecule has 0 unspecified atom stereocenters. The van der Waals surface area contributed by atoms with Crippen LogP contribution in [-0.4, -0.2) is 11.1 Å². The van der Waals surface area contributed by atoms with Crippen molar-refractivity contribution in [2.24, 2.45) is 5.92 Å². The third-order valence-corrected chi connectivity index (χ3v) is 3.70. The average Bonchev–Trinajstić information content (AvgIpc) is 2.28. The normalized spacial score (nSPS) is 22.8. The van der Waals surface area contributed by atoms with Crippen LogP contribution in [0.1, 0.15) is 77.0 Å². The molecule has 0 bridgehead atoms. The van der Waals surface area contributed by atoms with Crippen LogP contribution in [-0.2, 0) is 4.79 Å². The van der Waals surface area contributed by atoms with Gasteiger partial charge in [-0.25, -0.2) is 0 Å². The Balaban J connectivity index is 2.29. The van der Waals surface area contributed by atoms with Crippen molar-refractivity contribution >= 4 is 5.97 Å². The zero-order valence-corrected chi connectivity index (χ0v) is 10.4. The second kappa shape index (κ2) is 8.60. The minimum absolute atomic E-state index is 0.0687. The summed E-state index contributed by atoms with van der Waals surface area (Å²) in [5.74, 6) is -0.643. The van der Waals surface area contributed by atoms with E-state index in [2.05, 4.69) is 0 Å². The van der Waals surface area contributed by atoms with Crippen LogP contribution in [0.3, 0.4) is 0 Å². The molecule has 0 radical (unpaired) electrons. The standard InChI is InChI=1S/C14H26O2/c15-14(16)13-11-9-7-5-3-1-2-4-6-8-10-12-13/h13H,1-12H2,(H,15,16). The zero-order chi connectivity index (χ0) is 11.6. The van der Waals surface area contributed by atoms with E-state index in [9.17, 15) is 4.79 Å². The van der Waals surface area contributed by atoms with Gasteiger partial charge < -0.3 is 5.11 Å². The molecule has 1 N–H and O–H groups in total. The van der Waals surface area contributed by atoms with Gasteiger partial charge in [-0.1, -0.05) is 64.2 Å². The highest BCUT2D eigenvalue weighted by atomic mass is 16.4. The Bertz CT molecular complexity index is 175. The Hall–Kier alpha value is -0.530. The highest BCUT2D eigenvalue weighted by molar-refractivity contribution is 5.69. The highest BCUT2D eigenvalue weighted by Crippen LogP contribution is 2.20. The first kappa shape index (κ1) is 13.5. The second-order valence-corrected chi connectivity index (χ2v) is 5.15. The van der Waals surface area contributed by atoms with Gasteiger partial charge >= 0.3 is 5.97 Å². The van der Waals surface area contributed by atoms with Crippen molar-refractivity contribution in [3.63, 3.8) is 0 Å². The van der Waals surface area contributed by atoms with Gasteiger partial charge in [0.2, 0.25) is 0 Å². The predicted molar refractivity (Wildman–Crippen MR) is 66.5 cm³/mol. The minimum Gasteiger partial charge on any atom is -0.481 e. The van der Waals surface area contributed by atoms with E-state index in [-0.39, 0.29) is 5.92 Å². The number of carboxylic acid groups (broad SMARTS) is 1. The average molecular weight is 226 g/mol. The molecular formula is C14H26O2. The first-order chi connectivity index (χ1) is 7.80. The van der Waals surface area contributed by atoms with E-state index in [0.717, 1.165) is 25.7 Å². The summed E-state index contributed by atoms with van der Waals surface area (Å²) in [5, 5.41) is 9.10. The van der Waals surface area contributed by atoms with Crippen molar-refractivity contribution in [2.75, 3.05) is 0 Å². The van der Waals surface area contributed by atoms with E-state index in [1.54, 1.807) is 0 Å². The molecule has 16 heavy (non-hydrogen) atoms. The lowest BCUT2D eigenvalue weighted by molar-refractivity contribution is -0.142. The van der Waals surface area contributed by atoms with Crippen molar-refractivity contribution in [1.82, 2.24) is 0 Å². The monoisotopic (exact) mass is 226 g/mol. The first-order valence-electron chi connectivity index (χ1n) is 7.03. The number of aliphatic carboxylic acids is 1. The maximum atomic E-state index is 11.0. The molecule has 0 spiro atoms. The number of hydrogen-bond acceptors (Lipinski definition) is 1. The Kier molecular flexibility index (Phi) is 7.28. The van der Waals surface area contributed by atoms with E-state index in [1.165, 1.54) is 51.4 Å².